The van der Waals surface area contributed by atoms with E-state index in [-0.39, 0.29) is 0 Å². The lowest BCUT2D eigenvalue weighted by molar-refractivity contribution is 0.209. The molecule has 1 fully saturated rings. The van der Waals surface area contributed by atoms with Crippen molar-refractivity contribution in [2.75, 3.05) is 31.1 Å². The van der Waals surface area contributed by atoms with E-state index < -0.39 is 0 Å². The lowest BCUT2D eigenvalue weighted by Crippen LogP contribution is -2.48. The third-order valence-corrected chi connectivity index (χ3v) is 4.97. The molecule has 0 aliphatic carbocycles. The second kappa shape index (κ2) is 6.16. The molecule has 1 aromatic carbocycles. The molecule has 1 aliphatic heterocycles. The fourth-order valence-electron chi connectivity index (χ4n) is 2.84. The van der Waals surface area contributed by atoms with Crippen LogP contribution in [0.1, 0.15) is 18.9 Å². The quantitative estimate of drug-likeness (QED) is 0.862. The molecule has 2 aromatic rings. The molecule has 1 aromatic heterocycles. The zero-order chi connectivity index (χ0) is 14.8. The maximum atomic E-state index is 4.55. The van der Waals surface area contributed by atoms with Gasteiger partial charge in [-0.05, 0) is 32.9 Å². The highest BCUT2D eigenvalue weighted by molar-refractivity contribution is 7.09. The summed E-state index contributed by atoms with van der Waals surface area (Å²) in [6.07, 6.45) is 0. The van der Waals surface area contributed by atoms with Crippen molar-refractivity contribution in [3.05, 3.63) is 34.7 Å². The van der Waals surface area contributed by atoms with E-state index >= 15 is 0 Å². The molecule has 112 valence electrons. The standard InChI is InChI=1S/C17H23N3S/c1-13(2)19-8-10-20(11-9-19)16-6-4-15(5-7-16)17-12-21-14(3)18-17/h4-7,12-13H,8-11H2,1-3H3. The van der Waals surface area contributed by atoms with E-state index in [1.165, 1.54) is 11.3 Å². The van der Waals surface area contributed by atoms with E-state index in [1.807, 2.05) is 0 Å². The van der Waals surface area contributed by atoms with E-state index in [0.29, 0.717) is 6.04 Å². The SMILES string of the molecule is Cc1nc(-c2ccc(N3CCN(C(C)C)CC3)cc2)cs1. The Labute approximate surface area is 131 Å². The van der Waals surface area contributed by atoms with Crippen molar-refractivity contribution in [1.82, 2.24) is 9.88 Å². The molecule has 0 saturated carbocycles. The van der Waals surface area contributed by atoms with E-state index in [9.17, 15) is 0 Å². The molecule has 1 aliphatic rings. The molecule has 3 rings (SSSR count). The highest BCUT2D eigenvalue weighted by atomic mass is 32.1. The molecular weight excluding hydrogens is 278 g/mol. The Morgan fingerprint density at radius 1 is 1.05 bits per heavy atom. The molecule has 21 heavy (non-hydrogen) atoms. The largest absolute Gasteiger partial charge is 0.369 e. The number of hydrogen-bond acceptors (Lipinski definition) is 4. The van der Waals surface area contributed by atoms with Crippen molar-refractivity contribution in [1.29, 1.82) is 0 Å². The molecule has 0 amide bonds. The van der Waals surface area contributed by atoms with Gasteiger partial charge in [-0.1, -0.05) is 12.1 Å². The van der Waals surface area contributed by atoms with Crippen molar-refractivity contribution < 1.29 is 0 Å². The van der Waals surface area contributed by atoms with Crippen LogP contribution in [-0.2, 0) is 0 Å². The first-order valence-corrected chi connectivity index (χ1v) is 8.53. The van der Waals surface area contributed by atoms with Crippen LogP contribution in [0.25, 0.3) is 11.3 Å². The van der Waals surface area contributed by atoms with Gasteiger partial charge in [-0.2, -0.15) is 0 Å². The van der Waals surface area contributed by atoms with Crippen LogP contribution in [0.5, 0.6) is 0 Å². The lowest BCUT2D eigenvalue weighted by Gasteiger charge is -2.38. The summed E-state index contributed by atoms with van der Waals surface area (Å²) in [5.74, 6) is 0. The van der Waals surface area contributed by atoms with Gasteiger partial charge in [0.1, 0.15) is 0 Å². The fraction of sp³-hybridized carbons (Fsp3) is 0.471. The predicted molar refractivity (Wildman–Crippen MR) is 91.2 cm³/mol. The highest BCUT2D eigenvalue weighted by Crippen LogP contribution is 2.25. The van der Waals surface area contributed by atoms with Crippen LogP contribution < -0.4 is 4.90 Å². The zero-order valence-corrected chi connectivity index (χ0v) is 13.9. The number of benzene rings is 1. The molecule has 0 atom stereocenters. The van der Waals surface area contributed by atoms with E-state index in [0.717, 1.165) is 36.9 Å². The Bertz CT molecular complexity index is 580. The second-order valence-electron chi connectivity index (χ2n) is 5.92. The van der Waals surface area contributed by atoms with Crippen molar-refractivity contribution >= 4 is 17.0 Å². The molecule has 0 radical (unpaired) electrons. The number of rotatable bonds is 3. The van der Waals surface area contributed by atoms with Crippen LogP contribution in [-0.4, -0.2) is 42.1 Å². The van der Waals surface area contributed by atoms with Gasteiger partial charge in [0.2, 0.25) is 0 Å². The van der Waals surface area contributed by atoms with E-state index in [2.05, 4.69) is 65.2 Å². The molecule has 0 N–H and O–H groups in total. The van der Waals surface area contributed by atoms with Gasteiger partial charge < -0.3 is 4.90 Å². The second-order valence-corrected chi connectivity index (χ2v) is 6.98. The normalized spacial score (nSPS) is 16.7. The van der Waals surface area contributed by atoms with Crippen LogP contribution in [0.2, 0.25) is 0 Å². The molecule has 0 unspecified atom stereocenters. The number of aryl methyl sites for hydroxylation is 1. The van der Waals surface area contributed by atoms with Crippen LogP contribution in [0.4, 0.5) is 5.69 Å². The van der Waals surface area contributed by atoms with Gasteiger partial charge in [0.25, 0.3) is 0 Å². The monoisotopic (exact) mass is 301 g/mol. The topological polar surface area (TPSA) is 19.4 Å². The van der Waals surface area contributed by atoms with Crippen molar-refractivity contribution in [3.8, 4) is 11.3 Å². The minimum Gasteiger partial charge on any atom is -0.369 e. The summed E-state index contributed by atoms with van der Waals surface area (Å²) in [7, 11) is 0. The third-order valence-electron chi connectivity index (χ3n) is 4.19. The van der Waals surface area contributed by atoms with Crippen molar-refractivity contribution in [3.63, 3.8) is 0 Å². The summed E-state index contributed by atoms with van der Waals surface area (Å²) in [6, 6.07) is 9.50. The first kappa shape index (κ1) is 14.5. The van der Waals surface area contributed by atoms with Gasteiger partial charge >= 0.3 is 0 Å². The minimum absolute atomic E-state index is 0.655. The maximum Gasteiger partial charge on any atom is 0.0901 e. The maximum absolute atomic E-state index is 4.55. The van der Waals surface area contributed by atoms with Crippen LogP contribution in [0, 0.1) is 6.92 Å². The Morgan fingerprint density at radius 2 is 1.71 bits per heavy atom. The third kappa shape index (κ3) is 3.27. The first-order valence-electron chi connectivity index (χ1n) is 7.65. The van der Waals surface area contributed by atoms with Gasteiger partial charge in [0, 0.05) is 48.9 Å². The summed E-state index contributed by atoms with van der Waals surface area (Å²) in [4.78, 5) is 9.58. The minimum atomic E-state index is 0.655. The number of piperazine rings is 1. The number of thiazole rings is 1. The average molecular weight is 301 g/mol. The summed E-state index contributed by atoms with van der Waals surface area (Å²) >= 11 is 1.71. The van der Waals surface area contributed by atoms with E-state index in [1.54, 1.807) is 11.3 Å². The summed E-state index contributed by atoms with van der Waals surface area (Å²) in [5, 5.41) is 3.25. The Hall–Kier alpha value is -1.39. The van der Waals surface area contributed by atoms with Gasteiger partial charge in [0.15, 0.2) is 0 Å². The number of nitrogens with zero attached hydrogens (tertiary/aromatic N) is 3. The summed E-state index contributed by atoms with van der Waals surface area (Å²) in [5.41, 5.74) is 3.63. The molecular formula is C17H23N3S. The zero-order valence-electron chi connectivity index (χ0n) is 13.0. The Balaban J connectivity index is 1.68. The fourth-order valence-corrected chi connectivity index (χ4v) is 3.46. The molecule has 1 saturated heterocycles. The van der Waals surface area contributed by atoms with Crippen molar-refractivity contribution in [2.24, 2.45) is 0 Å². The van der Waals surface area contributed by atoms with Gasteiger partial charge in [-0.15, -0.1) is 11.3 Å². The van der Waals surface area contributed by atoms with Gasteiger partial charge in [-0.25, -0.2) is 4.98 Å². The predicted octanol–water partition coefficient (Wildman–Crippen LogP) is 3.65. The molecule has 0 bridgehead atoms. The van der Waals surface area contributed by atoms with Crippen LogP contribution in [0.3, 0.4) is 0 Å². The van der Waals surface area contributed by atoms with Crippen molar-refractivity contribution in [2.45, 2.75) is 26.8 Å². The lowest BCUT2D eigenvalue weighted by atomic mass is 10.1. The van der Waals surface area contributed by atoms with Gasteiger partial charge in [-0.3, -0.25) is 4.90 Å². The first-order chi connectivity index (χ1) is 10.1. The van der Waals surface area contributed by atoms with Gasteiger partial charge in [0.05, 0.1) is 10.7 Å². The summed E-state index contributed by atoms with van der Waals surface area (Å²) in [6.45, 7) is 11.2. The van der Waals surface area contributed by atoms with Crippen LogP contribution in [0.15, 0.2) is 29.6 Å². The average Bonchev–Trinajstić information content (AvgIpc) is 2.94. The van der Waals surface area contributed by atoms with E-state index in [4.69, 9.17) is 0 Å². The van der Waals surface area contributed by atoms with Crippen LogP contribution >= 0.6 is 11.3 Å². The number of hydrogen-bond donors (Lipinski definition) is 0. The molecule has 2 heterocycles. The molecule has 3 nitrogen and oxygen atoms in total. The smallest absolute Gasteiger partial charge is 0.0901 e. The Kier molecular flexibility index (Phi) is 4.27. The number of anilines is 1. The highest BCUT2D eigenvalue weighted by Gasteiger charge is 2.18. The Morgan fingerprint density at radius 3 is 2.24 bits per heavy atom. The molecule has 4 heteroatoms. The number of aromatic nitrogens is 1. The molecule has 0 spiro atoms. The summed E-state index contributed by atoms with van der Waals surface area (Å²) < 4.78 is 0.